The van der Waals surface area contributed by atoms with Crippen LogP contribution in [-0.4, -0.2) is 39.9 Å². The normalized spacial score (nSPS) is 23.3. The smallest absolute Gasteiger partial charge is 0.0764 e. The molecule has 0 spiro atoms. The lowest BCUT2D eigenvalue weighted by Gasteiger charge is -2.38. The Morgan fingerprint density at radius 2 is 2.05 bits per heavy atom. The van der Waals surface area contributed by atoms with Crippen LogP contribution < -0.4 is 5.32 Å². The van der Waals surface area contributed by atoms with Crippen molar-refractivity contribution in [2.75, 3.05) is 13.1 Å². The van der Waals surface area contributed by atoms with Gasteiger partial charge >= 0.3 is 0 Å². The van der Waals surface area contributed by atoms with Gasteiger partial charge in [0.1, 0.15) is 0 Å². The third-order valence-corrected chi connectivity index (χ3v) is 4.24. The number of aromatic nitrogens is 2. The first-order valence-corrected chi connectivity index (χ1v) is 7.70. The van der Waals surface area contributed by atoms with Gasteiger partial charge in [0, 0.05) is 45.0 Å². The molecule has 1 fully saturated rings. The Morgan fingerprint density at radius 1 is 1.24 bits per heavy atom. The second-order valence-corrected chi connectivity index (χ2v) is 6.05. The maximum Gasteiger partial charge on any atom is 0.0764 e. The summed E-state index contributed by atoms with van der Waals surface area (Å²) in [5.74, 6) is 0. The number of aryl methyl sites for hydroxylation is 1. The summed E-state index contributed by atoms with van der Waals surface area (Å²) >= 11 is 0. The van der Waals surface area contributed by atoms with Gasteiger partial charge < -0.3 is 5.32 Å². The van der Waals surface area contributed by atoms with E-state index in [1.54, 1.807) is 0 Å². The molecule has 1 aromatic heterocycles. The second kappa shape index (κ2) is 6.41. The summed E-state index contributed by atoms with van der Waals surface area (Å²) in [5.41, 5.74) is 2.56. The second-order valence-electron chi connectivity index (χ2n) is 6.05. The number of nitrogens with one attached hydrogen (secondary N) is 1. The standard InChI is InChI=1S/C17H24N4/c1-14-11-18-17(10-15-6-4-3-5-7-15)13-21(14)12-16-8-9-20(2)19-16/h3-9,14,17-18H,10-13H2,1-2H3. The molecule has 1 saturated heterocycles. The van der Waals surface area contributed by atoms with Crippen LogP contribution in [0.3, 0.4) is 0 Å². The predicted octanol–water partition coefficient (Wildman–Crippen LogP) is 1.83. The SMILES string of the molecule is CC1CNC(Cc2ccccc2)CN1Cc1ccn(C)n1. The van der Waals surface area contributed by atoms with Gasteiger partial charge in [-0.15, -0.1) is 0 Å². The highest BCUT2D eigenvalue weighted by Crippen LogP contribution is 2.14. The highest BCUT2D eigenvalue weighted by molar-refractivity contribution is 5.16. The third-order valence-electron chi connectivity index (χ3n) is 4.24. The molecular weight excluding hydrogens is 260 g/mol. The predicted molar refractivity (Wildman–Crippen MR) is 85.0 cm³/mol. The fourth-order valence-corrected chi connectivity index (χ4v) is 3.01. The fraction of sp³-hybridized carbons (Fsp3) is 0.471. The molecule has 1 N–H and O–H groups in total. The van der Waals surface area contributed by atoms with E-state index in [1.807, 2.05) is 17.9 Å². The molecule has 0 saturated carbocycles. The summed E-state index contributed by atoms with van der Waals surface area (Å²) in [5, 5.41) is 8.17. The summed E-state index contributed by atoms with van der Waals surface area (Å²) in [4.78, 5) is 2.53. The number of rotatable bonds is 4. The van der Waals surface area contributed by atoms with Gasteiger partial charge in [-0.25, -0.2) is 0 Å². The first-order valence-electron chi connectivity index (χ1n) is 7.70. The highest BCUT2D eigenvalue weighted by Gasteiger charge is 2.25. The number of piperazine rings is 1. The van der Waals surface area contributed by atoms with E-state index in [1.165, 1.54) is 5.56 Å². The van der Waals surface area contributed by atoms with Gasteiger partial charge in [-0.1, -0.05) is 30.3 Å². The van der Waals surface area contributed by atoms with Crippen LogP contribution in [0, 0.1) is 0 Å². The van der Waals surface area contributed by atoms with Crippen molar-refractivity contribution in [3.05, 3.63) is 53.9 Å². The van der Waals surface area contributed by atoms with E-state index in [9.17, 15) is 0 Å². The molecule has 2 heterocycles. The maximum absolute atomic E-state index is 4.50. The molecule has 21 heavy (non-hydrogen) atoms. The summed E-state index contributed by atoms with van der Waals surface area (Å²) in [6.45, 7) is 5.35. The van der Waals surface area contributed by atoms with E-state index in [-0.39, 0.29) is 0 Å². The van der Waals surface area contributed by atoms with E-state index < -0.39 is 0 Å². The molecule has 2 unspecified atom stereocenters. The first-order chi connectivity index (χ1) is 10.2. The molecule has 4 heteroatoms. The molecule has 0 bridgehead atoms. The van der Waals surface area contributed by atoms with Crippen LogP contribution in [0.5, 0.6) is 0 Å². The van der Waals surface area contributed by atoms with E-state index in [4.69, 9.17) is 0 Å². The Hall–Kier alpha value is -1.65. The largest absolute Gasteiger partial charge is 0.311 e. The average molecular weight is 284 g/mol. The molecule has 1 aliphatic rings. The van der Waals surface area contributed by atoms with Crippen molar-refractivity contribution in [2.45, 2.75) is 32.0 Å². The Kier molecular flexibility index (Phi) is 4.36. The van der Waals surface area contributed by atoms with Crippen LogP contribution in [0.1, 0.15) is 18.2 Å². The first kappa shape index (κ1) is 14.3. The van der Waals surface area contributed by atoms with E-state index in [0.717, 1.165) is 31.7 Å². The van der Waals surface area contributed by atoms with E-state index in [2.05, 4.69) is 58.6 Å². The van der Waals surface area contributed by atoms with Crippen LogP contribution in [0.4, 0.5) is 0 Å². The summed E-state index contributed by atoms with van der Waals surface area (Å²) in [6.07, 6.45) is 3.11. The molecule has 1 aromatic carbocycles. The fourth-order valence-electron chi connectivity index (χ4n) is 3.01. The zero-order valence-corrected chi connectivity index (χ0v) is 12.9. The van der Waals surface area contributed by atoms with Crippen molar-refractivity contribution < 1.29 is 0 Å². The summed E-state index contributed by atoms with van der Waals surface area (Å²) in [6, 6.07) is 13.9. The van der Waals surface area contributed by atoms with Gasteiger partial charge in [0.15, 0.2) is 0 Å². The van der Waals surface area contributed by atoms with Gasteiger partial charge in [-0.3, -0.25) is 9.58 Å². The molecular formula is C17H24N4. The molecule has 3 rings (SSSR count). The van der Waals surface area contributed by atoms with Crippen LogP contribution in [0.2, 0.25) is 0 Å². The van der Waals surface area contributed by atoms with Crippen molar-refractivity contribution in [1.29, 1.82) is 0 Å². The minimum atomic E-state index is 0.521. The lowest BCUT2D eigenvalue weighted by atomic mass is 10.0. The molecule has 0 radical (unpaired) electrons. The number of hydrogen-bond donors (Lipinski definition) is 1. The quantitative estimate of drug-likeness (QED) is 0.930. The molecule has 0 amide bonds. The molecule has 2 atom stereocenters. The van der Waals surface area contributed by atoms with Gasteiger partial charge in [0.05, 0.1) is 5.69 Å². The maximum atomic E-state index is 4.50. The average Bonchev–Trinajstić information content (AvgIpc) is 2.89. The van der Waals surface area contributed by atoms with Gasteiger partial charge in [-0.05, 0) is 25.0 Å². The Bertz CT molecular complexity index is 563. The number of hydrogen-bond acceptors (Lipinski definition) is 3. The Labute approximate surface area is 126 Å². The van der Waals surface area contributed by atoms with Gasteiger partial charge in [0.25, 0.3) is 0 Å². The molecule has 2 aromatic rings. The monoisotopic (exact) mass is 284 g/mol. The van der Waals surface area contributed by atoms with Crippen LogP contribution in [0.25, 0.3) is 0 Å². The van der Waals surface area contributed by atoms with Crippen molar-refractivity contribution in [3.8, 4) is 0 Å². The van der Waals surface area contributed by atoms with Crippen molar-refractivity contribution >= 4 is 0 Å². The van der Waals surface area contributed by atoms with Crippen molar-refractivity contribution in [3.63, 3.8) is 0 Å². The van der Waals surface area contributed by atoms with Gasteiger partial charge in [-0.2, -0.15) is 5.10 Å². The lowest BCUT2D eigenvalue weighted by molar-refractivity contribution is 0.131. The summed E-state index contributed by atoms with van der Waals surface area (Å²) in [7, 11) is 1.98. The Balaban J connectivity index is 1.61. The Morgan fingerprint density at radius 3 is 2.76 bits per heavy atom. The topological polar surface area (TPSA) is 33.1 Å². The zero-order valence-electron chi connectivity index (χ0n) is 12.9. The summed E-state index contributed by atoms with van der Waals surface area (Å²) < 4.78 is 1.88. The number of nitrogens with zero attached hydrogens (tertiary/aromatic N) is 3. The molecule has 112 valence electrons. The van der Waals surface area contributed by atoms with Crippen LogP contribution in [-0.2, 0) is 20.0 Å². The van der Waals surface area contributed by atoms with Gasteiger partial charge in [0.2, 0.25) is 0 Å². The number of benzene rings is 1. The molecule has 4 nitrogen and oxygen atoms in total. The van der Waals surface area contributed by atoms with Crippen molar-refractivity contribution in [2.24, 2.45) is 7.05 Å². The van der Waals surface area contributed by atoms with Crippen molar-refractivity contribution in [1.82, 2.24) is 20.0 Å². The third kappa shape index (κ3) is 3.71. The van der Waals surface area contributed by atoms with E-state index >= 15 is 0 Å². The minimum absolute atomic E-state index is 0.521. The minimum Gasteiger partial charge on any atom is -0.311 e. The lowest BCUT2D eigenvalue weighted by Crippen LogP contribution is -2.55. The molecule has 1 aliphatic heterocycles. The van der Waals surface area contributed by atoms with E-state index in [0.29, 0.717) is 12.1 Å². The zero-order chi connectivity index (χ0) is 14.7. The van der Waals surface area contributed by atoms with Crippen LogP contribution >= 0.6 is 0 Å². The van der Waals surface area contributed by atoms with Crippen LogP contribution in [0.15, 0.2) is 42.6 Å². The molecule has 0 aliphatic carbocycles. The highest BCUT2D eigenvalue weighted by atomic mass is 15.3.